The van der Waals surface area contributed by atoms with Gasteiger partial charge in [0.2, 0.25) is 0 Å². The summed E-state index contributed by atoms with van der Waals surface area (Å²) < 4.78 is 6.13. The molecule has 1 aliphatic carbocycles. The maximum Gasteiger partial charge on any atom is 0.407 e. The SMILES string of the molecule is CC(C)(C)OC(=O)NC1CCC(Nc2ccc(Br)nc2)CC1. The van der Waals surface area contributed by atoms with Crippen molar-refractivity contribution in [3.63, 3.8) is 0 Å². The first-order chi connectivity index (χ1) is 10.3. The van der Waals surface area contributed by atoms with Crippen molar-refractivity contribution in [3.8, 4) is 0 Å². The molecule has 2 N–H and O–H groups in total. The molecule has 122 valence electrons. The fraction of sp³-hybridized carbons (Fsp3) is 0.625. The molecule has 6 heteroatoms. The van der Waals surface area contributed by atoms with E-state index in [1.807, 2.05) is 39.1 Å². The molecule has 1 aromatic rings. The van der Waals surface area contributed by atoms with E-state index >= 15 is 0 Å². The van der Waals surface area contributed by atoms with Crippen LogP contribution in [-0.2, 0) is 4.74 Å². The monoisotopic (exact) mass is 369 g/mol. The Hall–Kier alpha value is -1.30. The van der Waals surface area contributed by atoms with E-state index in [1.165, 1.54) is 0 Å². The molecule has 1 aromatic heterocycles. The molecule has 1 heterocycles. The Morgan fingerprint density at radius 1 is 1.23 bits per heavy atom. The fourth-order valence-electron chi connectivity index (χ4n) is 2.55. The highest BCUT2D eigenvalue weighted by Crippen LogP contribution is 2.23. The van der Waals surface area contributed by atoms with Crippen LogP contribution in [0, 0.1) is 0 Å². The number of anilines is 1. The zero-order chi connectivity index (χ0) is 16.2. The Morgan fingerprint density at radius 3 is 2.41 bits per heavy atom. The number of carbonyl (C=O) groups is 1. The topological polar surface area (TPSA) is 63.2 Å². The van der Waals surface area contributed by atoms with Crippen LogP contribution in [0.3, 0.4) is 0 Å². The minimum atomic E-state index is -0.447. The predicted molar refractivity (Wildman–Crippen MR) is 91.0 cm³/mol. The zero-order valence-electron chi connectivity index (χ0n) is 13.4. The van der Waals surface area contributed by atoms with E-state index in [4.69, 9.17) is 4.74 Å². The van der Waals surface area contributed by atoms with Crippen LogP contribution in [0.4, 0.5) is 10.5 Å². The van der Waals surface area contributed by atoms with Crippen LogP contribution < -0.4 is 10.6 Å². The van der Waals surface area contributed by atoms with Crippen LogP contribution in [0.25, 0.3) is 0 Å². The van der Waals surface area contributed by atoms with Crippen LogP contribution in [0.5, 0.6) is 0 Å². The van der Waals surface area contributed by atoms with Crippen molar-refractivity contribution in [1.82, 2.24) is 10.3 Å². The van der Waals surface area contributed by atoms with Gasteiger partial charge in [0.1, 0.15) is 10.2 Å². The second-order valence-electron chi connectivity index (χ2n) is 6.71. The van der Waals surface area contributed by atoms with Gasteiger partial charge in [-0.05, 0) is 74.5 Å². The number of nitrogens with zero attached hydrogens (tertiary/aromatic N) is 1. The number of hydrogen-bond acceptors (Lipinski definition) is 4. The van der Waals surface area contributed by atoms with Gasteiger partial charge < -0.3 is 15.4 Å². The summed E-state index contributed by atoms with van der Waals surface area (Å²) in [6, 6.07) is 4.58. The molecule has 1 saturated carbocycles. The molecule has 0 saturated heterocycles. The molecule has 0 atom stereocenters. The van der Waals surface area contributed by atoms with Crippen molar-refractivity contribution in [2.45, 2.75) is 64.1 Å². The van der Waals surface area contributed by atoms with Gasteiger partial charge in [-0.3, -0.25) is 0 Å². The van der Waals surface area contributed by atoms with Crippen LogP contribution in [0.1, 0.15) is 46.5 Å². The number of nitrogens with one attached hydrogen (secondary N) is 2. The number of amides is 1. The average Bonchev–Trinajstić information content (AvgIpc) is 2.41. The first-order valence-corrected chi connectivity index (χ1v) is 8.49. The fourth-order valence-corrected chi connectivity index (χ4v) is 2.79. The Kier molecular flexibility index (Phi) is 5.67. The van der Waals surface area contributed by atoms with Crippen LogP contribution in [0.15, 0.2) is 22.9 Å². The number of aromatic nitrogens is 1. The second-order valence-corrected chi connectivity index (χ2v) is 7.52. The molecule has 5 nitrogen and oxygen atoms in total. The largest absolute Gasteiger partial charge is 0.444 e. The molecule has 0 unspecified atom stereocenters. The lowest BCUT2D eigenvalue weighted by atomic mass is 9.91. The highest BCUT2D eigenvalue weighted by atomic mass is 79.9. The van der Waals surface area contributed by atoms with Crippen LogP contribution in [0.2, 0.25) is 0 Å². The number of rotatable bonds is 3. The average molecular weight is 370 g/mol. The van der Waals surface area contributed by atoms with Gasteiger partial charge in [0.15, 0.2) is 0 Å². The molecular formula is C16H24BrN3O2. The van der Waals surface area contributed by atoms with Crippen LogP contribution in [-0.4, -0.2) is 28.8 Å². The van der Waals surface area contributed by atoms with Gasteiger partial charge in [-0.25, -0.2) is 9.78 Å². The summed E-state index contributed by atoms with van der Waals surface area (Å²) in [5, 5.41) is 6.45. The number of halogens is 1. The van der Waals surface area contributed by atoms with Crippen LogP contribution >= 0.6 is 15.9 Å². The number of carbonyl (C=O) groups excluding carboxylic acids is 1. The molecule has 1 amide bonds. The molecule has 2 rings (SSSR count). The molecule has 1 fully saturated rings. The van der Waals surface area contributed by atoms with Gasteiger partial charge in [-0.2, -0.15) is 0 Å². The van der Waals surface area contributed by atoms with Crippen molar-refractivity contribution in [2.75, 3.05) is 5.32 Å². The summed E-state index contributed by atoms with van der Waals surface area (Å²) >= 11 is 3.33. The molecule has 0 aromatic carbocycles. The van der Waals surface area contributed by atoms with E-state index in [1.54, 1.807) is 0 Å². The number of pyridine rings is 1. The minimum absolute atomic E-state index is 0.205. The maximum absolute atomic E-state index is 11.8. The zero-order valence-corrected chi connectivity index (χ0v) is 14.9. The van der Waals surface area contributed by atoms with E-state index < -0.39 is 5.60 Å². The summed E-state index contributed by atoms with van der Waals surface area (Å²) in [5.41, 5.74) is 0.587. The Bertz CT molecular complexity index is 491. The first kappa shape index (κ1) is 17.1. The standard InChI is InChI=1S/C16H24BrN3O2/c1-16(2,3)22-15(21)20-12-6-4-11(5-7-12)19-13-8-9-14(17)18-10-13/h8-12,19H,4-7H2,1-3H3,(H,20,21). The third kappa shape index (κ3) is 5.83. The van der Waals surface area contributed by atoms with Gasteiger partial charge in [-0.15, -0.1) is 0 Å². The smallest absolute Gasteiger partial charge is 0.407 e. The summed E-state index contributed by atoms with van der Waals surface area (Å²) in [5.74, 6) is 0. The lowest BCUT2D eigenvalue weighted by molar-refractivity contribution is 0.0492. The molecular weight excluding hydrogens is 346 g/mol. The highest BCUT2D eigenvalue weighted by Gasteiger charge is 2.24. The van der Waals surface area contributed by atoms with Crippen molar-refractivity contribution in [1.29, 1.82) is 0 Å². The van der Waals surface area contributed by atoms with Crippen molar-refractivity contribution in [2.24, 2.45) is 0 Å². The van der Waals surface area contributed by atoms with Crippen molar-refractivity contribution in [3.05, 3.63) is 22.9 Å². The van der Waals surface area contributed by atoms with Gasteiger partial charge >= 0.3 is 6.09 Å². The van der Waals surface area contributed by atoms with E-state index in [9.17, 15) is 4.79 Å². The summed E-state index contributed by atoms with van der Waals surface area (Å²) in [6.07, 6.45) is 5.48. The molecule has 22 heavy (non-hydrogen) atoms. The lowest BCUT2D eigenvalue weighted by Crippen LogP contribution is -2.42. The Labute approximate surface area is 140 Å². The molecule has 0 radical (unpaired) electrons. The van der Waals surface area contributed by atoms with Gasteiger partial charge in [0, 0.05) is 12.1 Å². The molecule has 0 spiro atoms. The minimum Gasteiger partial charge on any atom is -0.444 e. The van der Waals surface area contributed by atoms with E-state index in [2.05, 4.69) is 31.5 Å². The number of alkyl carbamates (subject to hydrolysis) is 1. The maximum atomic E-state index is 11.8. The summed E-state index contributed by atoms with van der Waals surface area (Å²) in [4.78, 5) is 16.0. The molecule has 0 bridgehead atoms. The normalized spacial score (nSPS) is 22.0. The summed E-state index contributed by atoms with van der Waals surface area (Å²) in [7, 11) is 0. The van der Waals surface area contributed by atoms with Gasteiger partial charge in [0.05, 0.1) is 11.9 Å². The molecule has 0 aliphatic heterocycles. The van der Waals surface area contributed by atoms with Gasteiger partial charge in [-0.1, -0.05) is 0 Å². The summed E-state index contributed by atoms with van der Waals surface area (Å²) in [6.45, 7) is 5.62. The first-order valence-electron chi connectivity index (χ1n) is 7.69. The van der Waals surface area contributed by atoms with E-state index in [0.29, 0.717) is 6.04 Å². The van der Waals surface area contributed by atoms with Crippen molar-refractivity contribution >= 4 is 27.7 Å². The predicted octanol–water partition coefficient (Wildman–Crippen LogP) is 4.09. The Balaban J connectivity index is 1.73. The van der Waals surface area contributed by atoms with E-state index in [0.717, 1.165) is 36.0 Å². The second kappa shape index (κ2) is 7.31. The highest BCUT2D eigenvalue weighted by molar-refractivity contribution is 9.10. The van der Waals surface area contributed by atoms with E-state index in [-0.39, 0.29) is 12.1 Å². The van der Waals surface area contributed by atoms with Crippen molar-refractivity contribution < 1.29 is 9.53 Å². The quantitative estimate of drug-likeness (QED) is 0.787. The van der Waals surface area contributed by atoms with Gasteiger partial charge in [0.25, 0.3) is 0 Å². The number of hydrogen-bond donors (Lipinski definition) is 2. The third-order valence-corrected chi connectivity index (χ3v) is 4.02. The third-order valence-electron chi connectivity index (χ3n) is 3.55. The molecule has 1 aliphatic rings. The Morgan fingerprint density at radius 2 is 1.86 bits per heavy atom. The lowest BCUT2D eigenvalue weighted by Gasteiger charge is -2.31. The number of ether oxygens (including phenoxy) is 1.